The molecule has 4 rings (SSSR count). The number of fused-ring (bicyclic) bond motifs is 1. The fraction of sp³-hybridized carbons (Fsp3) is 0.143. The largest absolute Gasteiger partial charge is 0.339 e. The summed E-state index contributed by atoms with van der Waals surface area (Å²) in [7, 11) is 1.87. The van der Waals surface area contributed by atoms with Crippen LogP contribution < -0.4 is 5.43 Å². The Bertz CT molecular complexity index is 1230. The zero-order valence-electron chi connectivity index (χ0n) is 15.8. The average molecular weight is 386 g/mol. The maximum Gasteiger partial charge on any atom is 0.158 e. The molecule has 4 aromatic rings. The number of aryl methyl sites for hydroxylation is 1. The van der Waals surface area contributed by atoms with E-state index in [1.165, 1.54) is 0 Å². The van der Waals surface area contributed by atoms with Crippen LogP contribution in [0.2, 0.25) is 0 Å². The van der Waals surface area contributed by atoms with Gasteiger partial charge < -0.3 is 4.57 Å². The molecule has 0 radical (unpaired) electrons. The highest BCUT2D eigenvalue weighted by molar-refractivity contribution is 7.21. The minimum absolute atomic E-state index is 0.601. The average Bonchev–Trinajstić information content (AvgIpc) is 3.25. The van der Waals surface area contributed by atoms with Crippen LogP contribution in [0, 0.1) is 25.2 Å². The Morgan fingerprint density at radius 1 is 1.18 bits per heavy atom. The monoisotopic (exact) mass is 386 g/mol. The van der Waals surface area contributed by atoms with Crippen LogP contribution in [0.4, 0.5) is 5.82 Å². The summed E-state index contributed by atoms with van der Waals surface area (Å²) in [4.78, 5) is 11.1. The van der Waals surface area contributed by atoms with E-state index in [-0.39, 0.29) is 0 Å². The van der Waals surface area contributed by atoms with Gasteiger partial charge in [0.25, 0.3) is 0 Å². The SMILES string of the molecule is Cc1nc(N/N=C/c2cc(C#N)n(C)c2C)c2cc(-c3ccccc3)sc2n1. The number of nitrogens with one attached hydrogen (secondary N) is 1. The highest BCUT2D eigenvalue weighted by Crippen LogP contribution is 2.35. The van der Waals surface area contributed by atoms with Crippen LogP contribution in [0.5, 0.6) is 0 Å². The number of hydrazone groups is 1. The molecule has 1 aromatic carbocycles. The fourth-order valence-corrected chi connectivity index (χ4v) is 4.06. The zero-order chi connectivity index (χ0) is 19.7. The maximum atomic E-state index is 9.16. The highest BCUT2D eigenvalue weighted by Gasteiger charge is 2.11. The van der Waals surface area contributed by atoms with Gasteiger partial charge in [0, 0.05) is 23.2 Å². The topological polar surface area (TPSA) is 78.9 Å². The van der Waals surface area contributed by atoms with E-state index >= 15 is 0 Å². The van der Waals surface area contributed by atoms with E-state index in [0.717, 1.165) is 31.9 Å². The van der Waals surface area contributed by atoms with Crippen molar-refractivity contribution in [3.05, 3.63) is 65.2 Å². The number of benzene rings is 1. The summed E-state index contributed by atoms with van der Waals surface area (Å²) in [5.74, 6) is 1.36. The van der Waals surface area contributed by atoms with Crippen molar-refractivity contribution in [2.75, 3.05) is 5.43 Å². The smallest absolute Gasteiger partial charge is 0.158 e. The number of hydrogen-bond acceptors (Lipinski definition) is 6. The van der Waals surface area contributed by atoms with E-state index in [1.54, 1.807) is 17.6 Å². The van der Waals surface area contributed by atoms with E-state index < -0.39 is 0 Å². The van der Waals surface area contributed by atoms with Gasteiger partial charge in [-0.3, -0.25) is 5.43 Å². The number of nitriles is 1. The van der Waals surface area contributed by atoms with Crippen LogP contribution in [0.3, 0.4) is 0 Å². The molecule has 28 heavy (non-hydrogen) atoms. The summed E-state index contributed by atoms with van der Waals surface area (Å²) in [6.45, 7) is 3.83. The minimum Gasteiger partial charge on any atom is -0.339 e. The van der Waals surface area contributed by atoms with Gasteiger partial charge in [-0.1, -0.05) is 30.3 Å². The summed E-state index contributed by atoms with van der Waals surface area (Å²) in [6, 6.07) is 16.3. The van der Waals surface area contributed by atoms with E-state index in [1.807, 2.05) is 49.7 Å². The molecular formula is C21H18N6S. The number of hydrogen-bond donors (Lipinski definition) is 1. The maximum absolute atomic E-state index is 9.16. The van der Waals surface area contributed by atoms with Crippen LogP contribution in [0.15, 0.2) is 47.6 Å². The second-order valence-corrected chi connectivity index (χ2v) is 7.46. The standard InChI is InChI=1S/C21H18N6S/c1-13-16(9-17(11-22)27(13)3)12-23-26-20-18-10-19(15-7-5-4-6-8-15)28-21(18)25-14(2)24-20/h4-10,12H,1-3H3,(H,24,25,26)/b23-12+. The van der Waals surface area contributed by atoms with Crippen molar-refractivity contribution >= 4 is 33.6 Å². The minimum atomic E-state index is 0.601. The van der Waals surface area contributed by atoms with Gasteiger partial charge in [-0.2, -0.15) is 10.4 Å². The summed E-state index contributed by atoms with van der Waals surface area (Å²) in [5, 5.41) is 14.4. The summed E-state index contributed by atoms with van der Waals surface area (Å²) >= 11 is 1.64. The molecule has 3 aromatic heterocycles. The molecule has 0 aliphatic heterocycles. The van der Waals surface area contributed by atoms with Gasteiger partial charge in [0.05, 0.1) is 11.6 Å². The molecule has 6 nitrogen and oxygen atoms in total. The van der Waals surface area contributed by atoms with E-state index in [9.17, 15) is 0 Å². The molecule has 3 heterocycles. The van der Waals surface area contributed by atoms with Gasteiger partial charge >= 0.3 is 0 Å². The molecular weight excluding hydrogens is 368 g/mol. The molecule has 1 N–H and O–H groups in total. The van der Waals surface area contributed by atoms with Crippen molar-refractivity contribution in [1.29, 1.82) is 5.26 Å². The lowest BCUT2D eigenvalue weighted by molar-refractivity contribution is 0.865. The third-order valence-corrected chi connectivity index (χ3v) is 5.70. The Kier molecular flexibility index (Phi) is 4.63. The van der Waals surface area contributed by atoms with Gasteiger partial charge in [0.2, 0.25) is 0 Å². The molecule has 0 spiro atoms. The number of rotatable bonds is 4. The number of nitrogens with zero attached hydrogens (tertiary/aromatic N) is 5. The first-order valence-electron chi connectivity index (χ1n) is 8.76. The molecule has 138 valence electrons. The Morgan fingerprint density at radius 3 is 2.68 bits per heavy atom. The van der Waals surface area contributed by atoms with Crippen molar-refractivity contribution in [3.63, 3.8) is 0 Å². The fourth-order valence-electron chi connectivity index (χ4n) is 2.98. The number of thiophene rings is 1. The van der Waals surface area contributed by atoms with Gasteiger partial charge in [-0.25, -0.2) is 9.97 Å². The molecule has 0 amide bonds. The second-order valence-electron chi connectivity index (χ2n) is 6.43. The van der Waals surface area contributed by atoms with Crippen LogP contribution in [-0.2, 0) is 7.05 Å². The quantitative estimate of drug-likeness (QED) is 0.410. The predicted octanol–water partition coefficient (Wildman–Crippen LogP) is 4.63. The Labute approximate surface area is 166 Å². The van der Waals surface area contributed by atoms with Crippen LogP contribution in [0.1, 0.15) is 22.8 Å². The molecule has 0 atom stereocenters. The van der Waals surface area contributed by atoms with Crippen molar-refractivity contribution in [2.24, 2.45) is 12.1 Å². The van der Waals surface area contributed by atoms with E-state index in [2.05, 4.69) is 44.8 Å². The van der Waals surface area contributed by atoms with Crippen molar-refractivity contribution in [1.82, 2.24) is 14.5 Å². The normalized spacial score (nSPS) is 11.2. The Hall–Kier alpha value is -3.50. The van der Waals surface area contributed by atoms with Gasteiger partial charge in [-0.05, 0) is 31.5 Å². The van der Waals surface area contributed by atoms with Crippen LogP contribution in [-0.4, -0.2) is 20.7 Å². The second kappa shape index (κ2) is 7.25. The highest BCUT2D eigenvalue weighted by atomic mass is 32.1. The van der Waals surface area contributed by atoms with Crippen molar-refractivity contribution in [3.8, 4) is 16.5 Å². The summed E-state index contributed by atoms with van der Waals surface area (Å²) < 4.78 is 1.85. The first kappa shape index (κ1) is 17.9. The van der Waals surface area contributed by atoms with Crippen LogP contribution >= 0.6 is 11.3 Å². The number of aromatic nitrogens is 3. The first-order valence-corrected chi connectivity index (χ1v) is 9.57. The van der Waals surface area contributed by atoms with Gasteiger partial charge in [0.1, 0.15) is 22.4 Å². The lowest BCUT2D eigenvalue weighted by Gasteiger charge is -2.02. The van der Waals surface area contributed by atoms with Crippen molar-refractivity contribution < 1.29 is 0 Å². The zero-order valence-corrected chi connectivity index (χ0v) is 16.6. The van der Waals surface area contributed by atoms with Gasteiger partial charge in [-0.15, -0.1) is 11.3 Å². The molecule has 0 saturated heterocycles. The molecule has 0 saturated carbocycles. The first-order chi connectivity index (χ1) is 13.6. The van der Waals surface area contributed by atoms with E-state index in [4.69, 9.17) is 5.26 Å². The molecule has 7 heteroatoms. The third kappa shape index (κ3) is 3.26. The summed E-state index contributed by atoms with van der Waals surface area (Å²) in [6.07, 6.45) is 1.71. The Balaban J connectivity index is 1.67. The molecule has 0 aliphatic carbocycles. The lowest BCUT2D eigenvalue weighted by Crippen LogP contribution is -1.98. The van der Waals surface area contributed by atoms with Crippen molar-refractivity contribution in [2.45, 2.75) is 13.8 Å². The molecule has 0 fully saturated rings. The van der Waals surface area contributed by atoms with Crippen LogP contribution in [0.25, 0.3) is 20.7 Å². The van der Waals surface area contributed by atoms with E-state index in [0.29, 0.717) is 17.3 Å². The summed E-state index contributed by atoms with van der Waals surface area (Å²) in [5.41, 5.74) is 6.68. The molecule has 0 aliphatic rings. The molecule has 0 unspecified atom stereocenters. The lowest BCUT2D eigenvalue weighted by atomic mass is 10.2. The number of anilines is 1. The Morgan fingerprint density at radius 2 is 1.96 bits per heavy atom. The third-order valence-electron chi connectivity index (χ3n) is 4.63. The predicted molar refractivity (Wildman–Crippen MR) is 114 cm³/mol. The molecule has 0 bridgehead atoms. The van der Waals surface area contributed by atoms with Gasteiger partial charge in [0.15, 0.2) is 5.82 Å².